The number of carbonyl (C=O) groups excluding carboxylic acids is 2. The highest BCUT2D eigenvalue weighted by molar-refractivity contribution is 5.94. The van der Waals surface area contributed by atoms with Gasteiger partial charge < -0.3 is 15.8 Å². The number of hydrogen-bond acceptors (Lipinski definition) is 5. The zero-order valence-electron chi connectivity index (χ0n) is 18.4. The first-order valence-electron chi connectivity index (χ1n) is 11.4. The van der Waals surface area contributed by atoms with Crippen LogP contribution >= 0.6 is 0 Å². The van der Waals surface area contributed by atoms with Crippen LogP contribution in [-0.2, 0) is 27.4 Å². The summed E-state index contributed by atoms with van der Waals surface area (Å²) in [5.74, 6) is -0.380. The van der Waals surface area contributed by atoms with Crippen molar-refractivity contribution in [1.29, 1.82) is 0 Å². The highest BCUT2D eigenvalue weighted by atomic mass is 16.5. The first-order chi connectivity index (χ1) is 15.6. The Morgan fingerprint density at radius 2 is 1.62 bits per heavy atom. The Bertz CT molecular complexity index is 903. The van der Waals surface area contributed by atoms with Crippen molar-refractivity contribution < 1.29 is 14.3 Å². The van der Waals surface area contributed by atoms with E-state index in [-0.39, 0.29) is 17.7 Å². The van der Waals surface area contributed by atoms with Crippen LogP contribution in [0.5, 0.6) is 0 Å². The Morgan fingerprint density at radius 1 is 0.938 bits per heavy atom. The largest absolute Gasteiger partial charge is 0.369 e. The lowest BCUT2D eigenvalue weighted by atomic mass is 9.97. The lowest BCUT2D eigenvalue weighted by molar-refractivity contribution is -0.133. The van der Waals surface area contributed by atoms with Gasteiger partial charge in [-0.3, -0.25) is 19.4 Å². The molecule has 3 N–H and O–H groups in total. The molecule has 2 atom stereocenters. The van der Waals surface area contributed by atoms with Crippen molar-refractivity contribution >= 4 is 17.5 Å². The molecular weight excluding hydrogens is 404 g/mol. The van der Waals surface area contributed by atoms with Gasteiger partial charge in [0.1, 0.15) is 6.10 Å². The summed E-state index contributed by atoms with van der Waals surface area (Å²) >= 11 is 0. The standard InChI is InChI=1S/C25H32N4O3/c26-24(30)21-7-4-12-28(17-21)16-20-8-10-22(11-9-20)27-25(31)23-18-29(13-14-32-23)15-19-5-2-1-3-6-19/h1-3,5-6,8-11,21,23H,4,7,12-18H2,(H2,26,30)(H,27,31). The van der Waals surface area contributed by atoms with Crippen LogP contribution in [0.2, 0.25) is 0 Å². The van der Waals surface area contributed by atoms with E-state index in [1.54, 1.807) is 0 Å². The summed E-state index contributed by atoms with van der Waals surface area (Å²) in [6, 6.07) is 18.2. The third-order valence-electron chi connectivity index (χ3n) is 6.23. The van der Waals surface area contributed by atoms with Crippen molar-refractivity contribution in [3.05, 3.63) is 65.7 Å². The van der Waals surface area contributed by atoms with Crippen LogP contribution in [0.25, 0.3) is 0 Å². The summed E-state index contributed by atoms with van der Waals surface area (Å²) in [5.41, 5.74) is 8.62. The van der Waals surface area contributed by atoms with Crippen molar-refractivity contribution in [3.8, 4) is 0 Å². The van der Waals surface area contributed by atoms with Gasteiger partial charge in [-0.25, -0.2) is 0 Å². The van der Waals surface area contributed by atoms with Gasteiger partial charge in [0.15, 0.2) is 0 Å². The molecule has 2 amide bonds. The molecule has 0 aromatic heterocycles. The SMILES string of the molecule is NC(=O)C1CCCN(Cc2ccc(NC(=O)C3CN(Cc4ccccc4)CCO3)cc2)C1. The predicted octanol–water partition coefficient (Wildman–Crippen LogP) is 2.22. The monoisotopic (exact) mass is 436 g/mol. The topological polar surface area (TPSA) is 87.9 Å². The van der Waals surface area contributed by atoms with Crippen molar-refractivity contribution in [1.82, 2.24) is 9.80 Å². The number of nitrogens with one attached hydrogen (secondary N) is 1. The molecule has 2 saturated heterocycles. The summed E-state index contributed by atoms with van der Waals surface area (Å²) in [4.78, 5) is 28.8. The van der Waals surface area contributed by atoms with Gasteiger partial charge >= 0.3 is 0 Å². The number of likely N-dealkylation sites (tertiary alicyclic amines) is 1. The number of nitrogens with zero attached hydrogens (tertiary/aromatic N) is 2. The minimum absolute atomic E-state index is 0.0562. The maximum atomic E-state index is 12.8. The summed E-state index contributed by atoms with van der Waals surface area (Å²) in [6.07, 6.45) is 1.39. The van der Waals surface area contributed by atoms with Gasteiger partial charge in [0.2, 0.25) is 5.91 Å². The molecule has 4 rings (SSSR count). The Kier molecular flexibility index (Phi) is 7.52. The zero-order chi connectivity index (χ0) is 22.3. The third kappa shape index (κ3) is 6.16. The number of benzene rings is 2. The number of nitrogens with two attached hydrogens (primary N) is 1. The molecule has 0 aliphatic carbocycles. The van der Waals surface area contributed by atoms with Crippen LogP contribution < -0.4 is 11.1 Å². The number of piperidine rings is 1. The molecule has 2 fully saturated rings. The van der Waals surface area contributed by atoms with Gasteiger partial charge in [0.05, 0.1) is 12.5 Å². The molecule has 170 valence electrons. The van der Waals surface area contributed by atoms with Gasteiger partial charge in [-0.15, -0.1) is 0 Å². The molecule has 2 aliphatic rings. The smallest absolute Gasteiger partial charge is 0.254 e. The number of hydrogen-bond donors (Lipinski definition) is 2. The van der Waals surface area contributed by atoms with Crippen LogP contribution in [-0.4, -0.2) is 60.5 Å². The van der Waals surface area contributed by atoms with Gasteiger partial charge in [0.25, 0.3) is 5.91 Å². The Labute approximate surface area is 189 Å². The molecule has 7 heteroatoms. The van der Waals surface area contributed by atoms with Crippen LogP contribution in [0.3, 0.4) is 0 Å². The fourth-order valence-electron chi connectivity index (χ4n) is 4.45. The van der Waals surface area contributed by atoms with Gasteiger partial charge in [-0.1, -0.05) is 42.5 Å². The van der Waals surface area contributed by atoms with Crippen molar-refractivity contribution in [2.75, 3.05) is 38.1 Å². The molecule has 0 radical (unpaired) electrons. The minimum Gasteiger partial charge on any atom is -0.369 e. The average Bonchev–Trinajstić information content (AvgIpc) is 2.81. The lowest BCUT2D eigenvalue weighted by Gasteiger charge is -2.32. The highest BCUT2D eigenvalue weighted by Crippen LogP contribution is 2.20. The summed E-state index contributed by atoms with van der Waals surface area (Å²) in [5, 5.41) is 2.98. The molecule has 2 aromatic carbocycles. The van der Waals surface area contributed by atoms with E-state index in [4.69, 9.17) is 10.5 Å². The fourth-order valence-corrected chi connectivity index (χ4v) is 4.45. The van der Waals surface area contributed by atoms with E-state index >= 15 is 0 Å². The van der Waals surface area contributed by atoms with Crippen molar-refractivity contribution in [2.24, 2.45) is 11.7 Å². The predicted molar refractivity (Wildman–Crippen MR) is 124 cm³/mol. The molecule has 7 nitrogen and oxygen atoms in total. The second kappa shape index (κ2) is 10.7. The normalized spacial score (nSPS) is 22.4. The van der Waals surface area contributed by atoms with Crippen LogP contribution in [0.4, 0.5) is 5.69 Å². The molecule has 0 saturated carbocycles. The van der Waals surface area contributed by atoms with Crippen molar-refractivity contribution in [3.63, 3.8) is 0 Å². The summed E-state index contributed by atoms with van der Waals surface area (Å²) in [6.45, 7) is 5.22. The quantitative estimate of drug-likeness (QED) is 0.695. The molecule has 2 aromatic rings. The Hall–Kier alpha value is -2.74. The summed E-state index contributed by atoms with van der Waals surface area (Å²) < 4.78 is 5.74. The van der Waals surface area contributed by atoms with E-state index in [0.717, 1.165) is 50.3 Å². The van der Waals surface area contributed by atoms with Gasteiger partial charge in [-0.2, -0.15) is 0 Å². The fraction of sp³-hybridized carbons (Fsp3) is 0.440. The Morgan fingerprint density at radius 3 is 2.34 bits per heavy atom. The van der Waals surface area contributed by atoms with E-state index in [9.17, 15) is 9.59 Å². The van der Waals surface area contributed by atoms with Crippen LogP contribution in [0, 0.1) is 5.92 Å². The van der Waals surface area contributed by atoms with E-state index in [1.807, 2.05) is 42.5 Å². The number of rotatable bonds is 7. The summed E-state index contributed by atoms with van der Waals surface area (Å²) in [7, 11) is 0. The van der Waals surface area contributed by atoms with E-state index < -0.39 is 6.10 Å². The van der Waals surface area contributed by atoms with Gasteiger partial charge in [-0.05, 0) is 42.6 Å². The number of amides is 2. The number of ether oxygens (including phenoxy) is 1. The highest BCUT2D eigenvalue weighted by Gasteiger charge is 2.27. The van der Waals surface area contributed by atoms with Crippen LogP contribution in [0.15, 0.2) is 54.6 Å². The number of carbonyl (C=O) groups is 2. The second-order valence-corrected chi connectivity index (χ2v) is 8.74. The molecule has 2 aliphatic heterocycles. The molecule has 0 bridgehead atoms. The van der Waals surface area contributed by atoms with Gasteiger partial charge in [0, 0.05) is 38.4 Å². The maximum absolute atomic E-state index is 12.8. The second-order valence-electron chi connectivity index (χ2n) is 8.74. The zero-order valence-corrected chi connectivity index (χ0v) is 18.4. The number of anilines is 1. The number of morpholine rings is 1. The maximum Gasteiger partial charge on any atom is 0.254 e. The molecule has 32 heavy (non-hydrogen) atoms. The van der Waals surface area contributed by atoms with E-state index in [2.05, 4.69) is 27.2 Å². The third-order valence-corrected chi connectivity index (χ3v) is 6.23. The lowest BCUT2D eigenvalue weighted by Crippen LogP contribution is -2.47. The average molecular weight is 437 g/mol. The molecule has 2 unspecified atom stereocenters. The van der Waals surface area contributed by atoms with E-state index in [0.29, 0.717) is 19.7 Å². The first-order valence-corrected chi connectivity index (χ1v) is 11.4. The van der Waals surface area contributed by atoms with E-state index in [1.165, 1.54) is 5.56 Å². The van der Waals surface area contributed by atoms with Crippen molar-refractivity contribution in [2.45, 2.75) is 32.0 Å². The minimum atomic E-state index is -0.480. The molecular formula is C25H32N4O3. The molecule has 0 spiro atoms. The Balaban J connectivity index is 1.27. The number of primary amides is 1. The van der Waals surface area contributed by atoms with Crippen LogP contribution in [0.1, 0.15) is 24.0 Å². The first kappa shape index (κ1) is 22.5. The molecule has 2 heterocycles.